The summed E-state index contributed by atoms with van der Waals surface area (Å²) in [5.74, 6) is 1.16. The maximum Gasteiger partial charge on any atom is 0.269 e. The van der Waals surface area contributed by atoms with Gasteiger partial charge in [0.1, 0.15) is 6.26 Å². The van der Waals surface area contributed by atoms with E-state index in [1.54, 1.807) is 12.3 Å². The van der Waals surface area contributed by atoms with E-state index in [-0.39, 0.29) is 29.7 Å². The molecule has 2 N–H and O–H groups in total. The summed E-state index contributed by atoms with van der Waals surface area (Å²) in [4.78, 5) is 19.4. The molecule has 0 aliphatic heterocycles. The lowest BCUT2D eigenvalue weighted by molar-refractivity contribution is -0.384. The number of nitro benzene ring substituents is 1. The molecule has 0 radical (unpaired) electrons. The minimum absolute atomic E-state index is 0. The molecule has 3 rings (SSSR count). The zero-order chi connectivity index (χ0) is 19.8. The molecule has 8 nitrogen and oxygen atoms in total. The first-order valence-corrected chi connectivity index (χ1v) is 8.91. The van der Waals surface area contributed by atoms with Crippen LogP contribution >= 0.6 is 24.0 Å². The summed E-state index contributed by atoms with van der Waals surface area (Å²) in [7, 11) is 0. The molecular weight excluding hydrogens is 485 g/mol. The quantitative estimate of drug-likeness (QED) is 0.164. The molecule has 2 aromatic carbocycles. The predicted octanol–water partition coefficient (Wildman–Crippen LogP) is 4.12. The molecule has 29 heavy (non-hydrogen) atoms. The number of nitrogens with one attached hydrogen (secondary N) is 2. The van der Waals surface area contributed by atoms with E-state index < -0.39 is 4.92 Å². The molecule has 0 saturated carbocycles. The van der Waals surface area contributed by atoms with E-state index >= 15 is 0 Å². The number of hydrogen-bond donors (Lipinski definition) is 2. The van der Waals surface area contributed by atoms with Gasteiger partial charge >= 0.3 is 0 Å². The van der Waals surface area contributed by atoms with Crippen molar-refractivity contribution in [2.45, 2.75) is 20.0 Å². The van der Waals surface area contributed by atoms with Crippen molar-refractivity contribution >= 4 is 35.6 Å². The van der Waals surface area contributed by atoms with Gasteiger partial charge in [-0.1, -0.05) is 30.3 Å². The van der Waals surface area contributed by atoms with Crippen molar-refractivity contribution in [2.75, 3.05) is 6.54 Å². The lowest BCUT2D eigenvalue weighted by Crippen LogP contribution is -2.36. The van der Waals surface area contributed by atoms with Crippen LogP contribution in [0.2, 0.25) is 0 Å². The smallest absolute Gasteiger partial charge is 0.269 e. The van der Waals surface area contributed by atoms with E-state index in [2.05, 4.69) is 20.6 Å². The highest BCUT2D eigenvalue weighted by atomic mass is 127. The van der Waals surface area contributed by atoms with Gasteiger partial charge in [0.2, 0.25) is 5.89 Å². The molecule has 9 heteroatoms. The molecule has 0 aliphatic carbocycles. The number of aliphatic imine (C=N–C) groups is 1. The van der Waals surface area contributed by atoms with Gasteiger partial charge in [0.05, 0.1) is 23.7 Å². The summed E-state index contributed by atoms with van der Waals surface area (Å²) in [6.45, 7) is 3.42. The Balaban J connectivity index is 0.00000300. The van der Waals surface area contributed by atoms with E-state index in [0.29, 0.717) is 31.5 Å². The van der Waals surface area contributed by atoms with Crippen LogP contribution in [0.15, 0.2) is 70.3 Å². The first-order chi connectivity index (χ1) is 13.7. The average molecular weight is 507 g/mol. The zero-order valence-electron chi connectivity index (χ0n) is 15.9. The van der Waals surface area contributed by atoms with Crippen LogP contribution in [0, 0.1) is 10.1 Å². The molecule has 0 atom stereocenters. The maximum atomic E-state index is 10.9. The van der Waals surface area contributed by atoms with Crippen LogP contribution in [0.3, 0.4) is 0 Å². The highest BCUT2D eigenvalue weighted by Gasteiger charge is 2.08. The van der Waals surface area contributed by atoms with Crippen molar-refractivity contribution in [1.82, 2.24) is 15.6 Å². The monoisotopic (exact) mass is 507 g/mol. The lowest BCUT2D eigenvalue weighted by atomic mass is 10.2. The molecule has 0 spiro atoms. The minimum atomic E-state index is -0.411. The summed E-state index contributed by atoms with van der Waals surface area (Å²) < 4.78 is 5.53. The predicted molar refractivity (Wildman–Crippen MR) is 122 cm³/mol. The largest absolute Gasteiger partial charge is 0.444 e. The third-order valence-corrected chi connectivity index (χ3v) is 3.89. The van der Waals surface area contributed by atoms with Gasteiger partial charge in [-0.2, -0.15) is 0 Å². The van der Waals surface area contributed by atoms with Crippen LogP contribution < -0.4 is 10.6 Å². The Morgan fingerprint density at radius 1 is 1.17 bits per heavy atom. The van der Waals surface area contributed by atoms with Crippen LogP contribution in [0.1, 0.15) is 18.2 Å². The highest BCUT2D eigenvalue weighted by Crippen LogP contribution is 2.18. The van der Waals surface area contributed by atoms with Gasteiger partial charge in [-0.15, -0.1) is 24.0 Å². The van der Waals surface area contributed by atoms with Crippen LogP contribution in [-0.4, -0.2) is 22.4 Å². The third-order valence-electron chi connectivity index (χ3n) is 3.89. The number of aromatic nitrogens is 1. The second kappa shape index (κ2) is 11.1. The fourth-order valence-electron chi connectivity index (χ4n) is 2.56. The zero-order valence-corrected chi connectivity index (χ0v) is 18.2. The molecular formula is C20H22IN5O3. The van der Waals surface area contributed by atoms with Crippen LogP contribution in [0.5, 0.6) is 0 Å². The summed E-state index contributed by atoms with van der Waals surface area (Å²) in [6.07, 6.45) is 1.61. The van der Waals surface area contributed by atoms with Crippen molar-refractivity contribution in [3.05, 3.63) is 82.2 Å². The first kappa shape index (κ1) is 22.3. The molecule has 0 saturated heterocycles. The van der Waals surface area contributed by atoms with E-state index in [1.165, 1.54) is 12.1 Å². The van der Waals surface area contributed by atoms with E-state index in [4.69, 9.17) is 4.42 Å². The number of nitro groups is 1. The SMILES string of the molecule is CCNC(=NCc1cccc([N+](=O)[O-])c1)NCc1coc(-c2ccccc2)n1.I. The number of hydrogen-bond acceptors (Lipinski definition) is 5. The van der Waals surface area contributed by atoms with Gasteiger partial charge in [0.15, 0.2) is 5.96 Å². The van der Waals surface area contributed by atoms with Gasteiger partial charge < -0.3 is 15.1 Å². The summed E-state index contributed by atoms with van der Waals surface area (Å²) in [5, 5.41) is 17.2. The normalized spacial score (nSPS) is 10.9. The number of nitrogens with zero attached hydrogens (tertiary/aromatic N) is 3. The Morgan fingerprint density at radius 3 is 2.69 bits per heavy atom. The Morgan fingerprint density at radius 2 is 1.97 bits per heavy atom. The van der Waals surface area contributed by atoms with Gasteiger partial charge in [-0.3, -0.25) is 10.1 Å². The van der Waals surface area contributed by atoms with E-state index in [0.717, 1.165) is 16.8 Å². The van der Waals surface area contributed by atoms with Crippen LogP contribution in [-0.2, 0) is 13.1 Å². The topological polar surface area (TPSA) is 106 Å². The Kier molecular flexibility index (Phi) is 8.59. The molecule has 0 aliphatic rings. The molecule has 0 bridgehead atoms. The second-order valence-electron chi connectivity index (χ2n) is 5.99. The lowest BCUT2D eigenvalue weighted by Gasteiger charge is -2.10. The van der Waals surface area contributed by atoms with Crippen LogP contribution in [0.25, 0.3) is 11.5 Å². The molecule has 0 unspecified atom stereocenters. The standard InChI is InChI=1S/C20H21N5O3.HI/c1-2-21-20(22-12-15-7-6-10-18(11-15)25(26)27)23-13-17-14-28-19(24-17)16-8-4-3-5-9-16;/h3-11,14H,2,12-13H2,1H3,(H2,21,22,23);1H. The number of halogens is 1. The minimum Gasteiger partial charge on any atom is -0.444 e. The molecule has 0 amide bonds. The Labute approximate surface area is 185 Å². The molecule has 1 heterocycles. The molecule has 0 fully saturated rings. The van der Waals surface area contributed by atoms with Crippen molar-refractivity contribution in [2.24, 2.45) is 4.99 Å². The summed E-state index contributed by atoms with van der Waals surface area (Å²) in [6, 6.07) is 16.1. The molecule has 3 aromatic rings. The van der Waals surface area contributed by atoms with E-state index in [1.807, 2.05) is 43.3 Å². The van der Waals surface area contributed by atoms with E-state index in [9.17, 15) is 10.1 Å². The van der Waals surface area contributed by atoms with Crippen molar-refractivity contribution in [1.29, 1.82) is 0 Å². The molecule has 152 valence electrons. The first-order valence-electron chi connectivity index (χ1n) is 8.91. The van der Waals surface area contributed by atoms with Gasteiger partial charge in [0.25, 0.3) is 5.69 Å². The van der Waals surface area contributed by atoms with Gasteiger partial charge in [0, 0.05) is 24.2 Å². The highest BCUT2D eigenvalue weighted by molar-refractivity contribution is 14.0. The van der Waals surface area contributed by atoms with Crippen molar-refractivity contribution in [3.8, 4) is 11.5 Å². The number of oxazole rings is 1. The Bertz CT molecular complexity index is 960. The second-order valence-corrected chi connectivity index (χ2v) is 5.99. The summed E-state index contributed by atoms with van der Waals surface area (Å²) >= 11 is 0. The summed E-state index contributed by atoms with van der Waals surface area (Å²) in [5.41, 5.74) is 2.49. The van der Waals surface area contributed by atoms with Gasteiger partial charge in [-0.05, 0) is 24.6 Å². The van der Waals surface area contributed by atoms with Crippen molar-refractivity contribution < 1.29 is 9.34 Å². The number of guanidine groups is 1. The average Bonchev–Trinajstić information content (AvgIpc) is 3.20. The number of benzene rings is 2. The fourth-order valence-corrected chi connectivity index (χ4v) is 2.56. The molecule has 1 aromatic heterocycles. The maximum absolute atomic E-state index is 10.9. The fraction of sp³-hybridized carbons (Fsp3) is 0.200. The van der Waals surface area contributed by atoms with Crippen molar-refractivity contribution in [3.63, 3.8) is 0 Å². The van der Waals surface area contributed by atoms with Crippen LogP contribution in [0.4, 0.5) is 5.69 Å². The number of non-ortho nitro benzene ring substituents is 1. The number of rotatable bonds is 7. The van der Waals surface area contributed by atoms with Gasteiger partial charge in [-0.25, -0.2) is 9.98 Å². The Hall–Kier alpha value is -2.95. The third kappa shape index (κ3) is 6.56.